The van der Waals surface area contributed by atoms with E-state index in [2.05, 4.69) is 27.0 Å². The van der Waals surface area contributed by atoms with Crippen LogP contribution in [0.4, 0.5) is 5.69 Å². The van der Waals surface area contributed by atoms with E-state index in [9.17, 15) is 4.79 Å². The molecule has 0 fully saturated rings. The predicted octanol–water partition coefficient (Wildman–Crippen LogP) is 2.01. The van der Waals surface area contributed by atoms with Crippen LogP contribution in [-0.4, -0.2) is 15.5 Å². The summed E-state index contributed by atoms with van der Waals surface area (Å²) in [6.07, 6.45) is 8.02. The quantitative estimate of drug-likeness (QED) is 0.893. The molecule has 4 nitrogen and oxygen atoms in total. The van der Waals surface area contributed by atoms with Gasteiger partial charge < -0.3 is 9.88 Å². The van der Waals surface area contributed by atoms with Crippen molar-refractivity contribution in [1.82, 2.24) is 9.55 Å². The zero-order valence-corrected chi connectivity index (χ0v) is 10.1. The first kappa shape index (κ1) is 11.0. The Balaban J connectivity index is 1.72. The average Bonchev–Trinajstić information content (AvgIpc) is 2.89. The Morgan fingerprint density at radius 3 is 3.11 bits per heavy atom. The summed E-state index contributed by atoms with van der Waals surface area (Å²) >= 11 is 0. The normalized spacial score (nSPS) is 14.1. The number of carbonyl (C=O) groups excluding carboxylic acids is 1. The standard InChI is InChI=1S/C14H15N3O/c18-14-4-2-12-9-11(1-3-13(12)16-14)5-7-17-8-6-15-10-17/h1,3,6,8-10H,2,4-5,7H2,(H,16,18). The van der Waals surface area contributed by atoms with Crippen molar-refractivity contribution < 1.29 is 4.79 Å². The number of hydrogen-bond donors (Lipinski definition) is 1. The number of aryl methyl sites for hydroxylation is 3. The minimum Gasteiger partial charge on any atom is -0.337 e. The highest BCUT2D eigenvalue weighted by Crippen LogP contribution is 2.23. The van der Waals surface area contributed by atoms with Crippen LogP contribution in [0.1, 0.15) is 17.5 Å². The molecule has 2 aromatic rings. The van der Waals surface area contributed by atoms with Gasteiger partial charge in [0.25, 0.3) is 0 Å². The van der Waals surface area contributed by atoms with Crippen molar-refractivity contribution in [3.8, 4) is 0 Å². The summed E-state index contributed by atoms with van der Waals surface area (Å²) in [5, 5.41) is 2.90. The third-order valence-electron chi connectivity index (χ3n) is 3.28. The summed E-state index contributed by atoms with van der Waals surface area (Å²) in [5.74, 6) is 0.119. The number of fused-ring (bicyclic) bond motifs is 1. The van der Waals surface area contributed by atoms with E-state index in [0.29, 0.717) is 6.42 Å². The maximum absolute atomic E-state index is 11.3. The second-order valence-electron chi connectivity index (χ2n) is 4.59. The predicted molar refractivity (Wildman–Crippen MR) is 69.3 cm³/mol. The molecule has 1 amide bonds. The Kier molecular flexibility index (Phi) is 2.84. The van der Waals surface area contributed by atoms with Crippen molar-refractivity contribution in [3.63, 3.8) is 0 Å². The molecule has 92 valence electrons. The van der Waals surface area contributed by atoms with Gasteiger partial charge in [-0.15, -0.1) is 0 Å². The van der Waals surface area contributed by atoms with Crippen molar-refractivity contribution in [3.05, 3.63) is 48.0 Å². The molecule has 4 heteroatoms. The first-order chi connectivity index (χ1) is 8.81. The first-order valence-corrected chi connectivity index (χ1v) is 6.19. The number of benzene rings is 1. The molecule has 0 bridgehead atoms. The highest BCUT2D eigenvalue weighted by atomic mass is 16.1. The minimum absolute atomic E-state index is 0.119. The number of amides is 1. The largest absolute Gasteiger partial charge is 0.337 e. The third-order valence-corrected chi connectivity index (χ3v) is 3.28. The van der Waals surface area contributed by atoms with Gasteiger partial charge in [0.1, 0.15) is 0 Å². The van der Waals surface area contributed by atoms with Crippen LogP contribution >= 0.6 is 0 Å². The Labute approximate surface area is 106 Å². The molecular weight excluding hydrogens is 226 g/mol. The van der Waals surface area contributed by atoms with Gasteiger partial charge in [0.2, 0.25) is 5.91 Å². The number of imidazole rings is 1. The molecule has 0 aliphatic carbocycles. The molecule has 0 saturated carbocycles. The molecule has 1 N–H and O–H groups in total. The number of rotatable bonds is 3. The number of nitrogens with one attached hydrogen (secondary N) is 1. The van der Waals surface area contributed by atoms with Gasteiger partial charge in [-0.2, -0.15) is 0 Å². The SMILES string of the molecule is O=C1CCc2cc(CCn3ccnc3)ccc2N1. The van der Waals surface area contributed by atoms with Gasteiger partial charge in [0.05, 0.1) is 6.33 Å². The summed E-state index contributed by atoms with van der Waals surface area (Å²) in [6.45, 7) is 0.936. The maximum atomic E-state index is 11.3. The molecule has 0 unspecified atom stereocenters. The summed E-state index contributed by atoms with van der Waals surface area (Å²) in [4.78, 5) is 15.3. The van der Waals surface area contributed by atoms with Crippen molar-refractivity contribution in [2.75, 3.05) is 5.32 Å². The van der Waals surface area contributed by atoms with Gasteiger partial charge in [-0.1, -0.05) is 12.1 Å². The molecule has 1 aliphatic rings. The van der Waals surface area contributed by atoms with Gasteiger partial charge in [0.15, 0.2) is 0 Å². The second kappa shape index (κ2) is 4.64. The monoisotopic (exact) mass is 241 g/mol. The number of carbonyl (C=O) groups is 1. The minimum atomic E-state index is 0.119. The van der Waals surface area contributed by atoms with E-state index in [1.807, 2.05) is 18.6 Å². The van der Waals surface area contributed by atoms with Crippen LogP contribution in [0.15, 0.2) is 36.9 Å². The number of hydrogen-bond acceptors (Lipinski definition) is 2. The lowest BCUT2D eigenvalue weighted by molar-refractivity contribution is -0.116. The lowest BCUT2D eigenvalue weighted by atomic mass is 9.99. The van der Waals surface area contributed by atoms with Crippen molar-refractivity contribution in [2.24, 2.45) is 0 Å². The van der Waals surface area contributed by atoms with Crippen LogP contribution in [0.3, 0.4) is 0 Å². The van der Waals surface area contributed by atoms with E-state index in [0.717, 1.165) is 25.1 Å². The molecular formula is C14H15N3O. The lowest BCUT2D eigenvalue weighted by Crippen LogP contribution is -2.19. The Bertz CT molecular complexity index is 560. The van der Waals surface area contributed by atoms with E-state index < -0.39 is 0 Å². The van der Waals surface area contributed by atoms with Crippen LogP contribution in [0.2, 0.25) is 0 Å². The fourth-order valence-corrected chi connectivity index (χ4v) is 2.27. The van der Waals surface area contributed by atoms with Crippen LogP contribution in [0, 0.1) is 0 Å². The second-order valence-corrected chi connectivity index (χ2v) is 4.59. The van der Waals surface area contributed by atoms with Crippen LogP contribution in [0.5, 0.6) is 0 Å². The smallest absolute Gasteiger partial charge is 0.224 e. The summed E-state index contributed by atoms with van der Waals surface area (Å²) < 4.78 is 2.07. The highest BCUT2D eigenvalue weighted by molar-refractivity contribution is 5.93. The summed E-state index contributed by atoms with van der Waals surface area (Å²) in [5.41, 5.74) is 3.52. The number of anilines is 1. The van der Waals surface area contributed by atoms with E-state index in [4.69, 9.17) is 0 Å². The summed E-state index contributed by atoms with van der Waals surface area (Å²) in [7, 11) is 0. The van der Waals surface area contributed by atoms with Gasteiger partial charge in [-0.25, -0.2) is 4.98 Å². The average molecular weight is 241 g/mol. The number of nitrogens with zero attached hydrogens (tertiary/aromatic N) is 2. The lowest BCUT2D eigenvalue weighted by Gasteiger charge is -2.17. The Morgan fingerprint density at radius 2 is 2.28 bits per heavy atom. The van der Waals surface area contributed by atoms with Crippen LogP contribution in [-0.2, 0) is 24.2 Å². The fraction of sp³-hybridized carbons (Fsp3) is 0.286. The number of aromatic nitrogens is 2. The molecule has 3 rings (SSSR count). The van der Waals surface area contributed by atoms with Gasteiger partial charge in [-0.3, -0.25) is 4.79 Å². The molecule has 0 saturated heterocycles. The third kappa shape index (κ3) is 2.27. The molecule has 1 aromatic carbocycles. The van der Waals surface area contributed by atoms with Crippen LogP contribution in [0.25, 0.3) is 0 Å². The molecule has 1 aliphatic heterocycles. The van der Waals surface area contributed by atoms with E-state index >= 15 is 0 Å². The molecule has 0 atom stereocenters. The van der Waals surface area contributed by atoms with E-state index in [1.54, 1.807) is 6.20 Å². The highest BCUT2D eigenvalue weighted by Gasteiger charge is 2.14. The zero-order chi connectivity index (χ0) is 12.4. The molecule has 0 radical (unpaired) electrons. The first-order valence-electron chi connectivity index (χ1n) is 6.19. The van der Waals surface area contributed by atoms with Crippen molar-refractivity contribution in [1.29, 1.82) is 0 Å². The molecule has 2 heterocycles. The molecule has 0 spiro atoms. The molecule has 1 aromatic heterocycles. The van der Waals surface area contributed by atoms with E-state index in [-0.39, 0.29) is 5.91 Å². The van der Waals surface area contributed by atoms with E-state index in [1.165, 1.54) is 11.1 Å². The van der Waals surface area contributed by atoms with Gasteiger partial charge >= 0.3 is 0 Å². The van der Waals surface area contributed by atoms with Crippen molar-refractivity contribution >= 4 is 11.6 Å². The fourth-order valence-electron chi connectivity index (χ4n) is 2.27. The summed E-state index contributed by atoms with van der Waals surface area (Å²) in [6, 6.07) is 6.29. The maximum Gasteiger partial charge on any atom is 0.224 e. The Morgan fingerprint density at radius 1 is 1.33 bits per heavy atom. The van der Waals surface area contributed by atoms with Crippen LogP contribution < -0.4 is 5.32 Å². The molecule has 18 heavy (non-hydrogen) atoms. The van der Waals surface area contributed by atoms with Gasteiger partial charge in [-0.05, 0) is 30.0 Å². The topological polar surface area (TPSA) is 46.9 Å². The van der Waals surface area contributed by atoms with Gasteiger partial charge in [0, 0.05) is 31.0 Å². The zero-order valence-electron chi connectivity index (χ0n) is 10.1. The Hall–Kier alpha value is -2.10. The van der Waals surface area contributed by atoms with Crippen molar-refractivity contribution in [2.45, 2.75) is 25.8 Å².